The molecule has 0 spiro atoms. The number of nitrogens with one attached hydrogen (secondary N) is 2. The minimum absolute atomic E-state index is 0.0596. The van der Waals surface area contributed by atoms with Crippen LogP contribution < -0.4 is 15.8 Å². The van der Waals surface area contributed by atoms with E-state index in [0.29, 0.717) is 6.54 Å². The maximum atomic E-state index is 11.7. The molecule has 1 aromatic carbocycles. The summed E-state index contributed by atoms with van der Waals surface area (Å²) in [7, 11) is -1.97. The highest BCUT2D eigenvalue weighted by Crippen LogP contribution is 2.34. The first-order chi connectivity index (χ1) is 9.91. The maximum Gasteiger partial charge on any atom is 0.240 e. The van der Waals surface area contributed by atoms with E-state index < -0.39 is 10.0 Å². The number of hydrogen-bond donors (Lipinski definition) is 3. The molecular formula is C15H25N3O2S. The Labute approximate surface area is 127 Å². The maximum absolute atomic E-state index is 11.7. The van der Waals surface area contributed by atoms with Crippen LogP contribution in [0.2, 0.25) is 0 Å². The van der Waals surface area contributed by atoms with Crippen LogP contribution in [0.4, 0.5) is 5.69 Å². The van der Waals surface area contributed by atoms with Gasteiger partial charge in [-0.05, 0) is 62.9 Å². The minimum atomic E-state index is -3.38. The third-order valence-electron chi connectivity index (χ3n) is 4.46. The summed E-state index contributed by atoms with van der Waals surface area (Å²) in [6, 6.07) is 6.84. The summed E-state index contributed by atoms with van der Waals surface area (Å²) in [5.41, 5.74) is 6.85. The van der Waals surface area contributed by atoms with Gasteiger partial charge in [-0.1, -0.05) is 6.92 Å². The Morgan fingerprint density at radius 1 is 1.24 bits per heavy atom. The number of benzene rings is 1. The molecule has 0 radical (unpaired) electrons. The van der Waals surface area contributed by atoms with Gasteiger partial charge in [0.05, 0.1) is 4.90 Å². The van der Waals surface area contributed by atoms with Crippen LogP contribution in [0, 0.1) is 5.92 Å². The molecule has 1 aliphatic rings. The second-order valence-electron chi connectivity index (χ2n) is 6.02. The molecule has 1 fully saturated rings. The fraction of sp³-hybridized carbons (Fsp3) is 0.600. The van der Waals surface area contributed by atoms with Crippen molar-refractivity contribution >= 4 is 15.7 Å². The summed E-state index contributed by atoms with van der Waals surface area (Å²) in [5.74, 6) is 0.759. The van der Waals surface area contributed by atoms with Crippen molar-refractivity contribution in [1.82, 2.24) is 4.72 Å². The first-order valence-corrected chi connectivity index (χ1v) is 8.91. The van der Waals surface area contributed by atoms with Gasteiger partial charge in [-0.2, -0.15) is 0 Å². The van der Waals surface area contributed by atoms with E-state index in [1.807, 2.05) is 0 Å². The monoisotopic (exact) mass is 311 g/mol. The summed E-state index contributed by atoms with van der Waals surface area (Å²) in [6.07, 6.45) is 4.47. The summed E-state index contributed by atoms with van der Waals surface area (Å²) in [4.78, 5) is 0.273. The van der Waals surface area contributed by atoms with Gasteiger partial charge in [-0.15, -0.1) is 0 Å². The molecule has 0 amide bonds. The van der Waals surface area contributed by atoms with Crippen LogP contribution in [0.1, 0.15) is 32.6 Å². The van der Waals surface area contributed by atoms with Crippen molar-refractivity contribution in [2.75, 3.05) is 18.9 Å². The molecule has 0 unspecified atom stereocenters. The molecule has 1 aliphatic carbocycles. The normalized spacial score (nSPS) is 26.5. The van der Waals surface area contributed by atoms with E-state index in [0.717, 1.165) is 24.4 Å². The van der Waals surface area contributed by atoms with E-state index in [9.17, 15) is 8.42 Å². The molecule has 0 atom stereocenters. The van der Waals surface area contributed by atoms with Crippen LogP contribution in [-0.4, -0.2) is 27.5 Å². The summed E-state index contributed by atoms with van der Waals surface area (Å²) >= 11 is 0. The van der Waals surface area contributed by atoms with Crippen LogP contribution in [0.5, 0.6) is 0 Å². The van der Waals surface area contributed by atoms with Crippen molar-refractivity contribution < 1.29 is 8.42 Å². The smallest absolute Gasteiger partial charge is 0.240 e. The van der Waals surface area contributed by atoms with E-state index in [4.69, 9.17) is 5.73 Å². The van der Waals surface area contributed by atoms with Crippen LogP contribution in [0.25, 0.3) is 0 Å². The molecule has 0 aliphatic heterocycles. The van der Waals surface area contributed by atoms with Gasteiger partial charge < -0.3 is 11.1 Å². The Kier molecular flexibility index (Phi) is 4.91. The molecule has 118 valence electrons. The van der Waals surface area contributed by atoms with E-state index >= 15 is 0 Å². The molecule has 1 saturated carbocycles. The average molecular weight is 311 g/mol. The van der Waals surface area contributed by atoms with Crippen LogP contribution in [0.3, 0.4) is 0 Å². The Bertz CT molecular complexity index is 561. The summed E-state index contributed by atoms with van der Waals surface area (Å²) in [5, 5.41) is 3.52. The van der Waals surface area contributed by atoms with Crippen LogP contribution in [0.15, 0.2) is 29.2 Å². The van der Waals surface area contributed by atoms with Gasteiger partial charge >= 0.3 is 0 Å². The van der Waals surface area contributed by atoms with Crippen molar-refractivity contribution in [3.63, 3.8) is 0 Å². The number of hydrogen-bond acceptors (Lipinski definition) is 4. The van der Waals surface area contributed by atoms with Crippen molar-refractivity contribution in [1.29, 1.82) is 0 Å². The van der Waals surface area contributed by atoms with Gasteiger partial charge in [0, 0.05) is 17.8 Å². The third-order valence-corrected chi connectivity index (χ3v) is 5.90. The lowest BCUT2D eigenvalue weighted by molar-refractivity contribution is 0.272. The molecular weight excluding hydrogens is 286 g/mol. The minimum Gasteiger partial charge on any atom is -0.378 e. The van der Waals surface area contributed by atoms with Crippen LogP contribution in [-0.2, 0) is 10.0 Å². The van der Waals surface area contributed by atoms with Gasteiger partial charge in [0.25, 0.3) is 0 Å². The SMILES string of the molecule is CNS(=O)(=O)c1ccc(NC2(CN)CCC(C)CC2)cc1. The lowest BCUT2D eigenvalue weighted by atomic mass is 9.77. The Balaban J connectivity index is 2.12. The quantitative estimate of drug-likeness (QED) is 0.775. The highest BCUT2D eigenvalue weighted by Gasteiger charge is 2.32. The third kappa shape index (κ3) is 3.75. The molecule has 0 saturated heterocycles. The number of anilines is 1. The standard InChI is InChI=1S/C15H25N3O2S/c1-12-7-9-15(11-16,10-8-12)18-13-3-5-14(6-4-13)21(19,20)17-2/h3-6,12,17-18H,7-11,16H2,1-2H3. The Morgan fingerprint density at radius 3 is 2.29 bits per heavy atom. The Morgan fingerprint density at radius 2 is 1.81 bits per heavy atom. The molecule has 2 rings (SSSR count). The van der Waals surface area contributed by atoms with Crippen molar-refractivity contribution in [2.24, 2.45) is 11.7 Å². The highest BCUT2D eigenvalue weighted by atomic mass is 32.2. The van der Waals surface area contributed by atoms with E-state index in [2.05, 4.69) is 17.0 Å². The number of nitrogens with two attached hydrogens (primary N) is 1. The fourth-order valence-electron chi connectivity index (χ4n) is 2.84. The molecule has 5 nitrogen and oxygen atoms in total. The zero-order valence-electron chi connectivity index (χ0n) is 12.7. The molecule has 4 N–H and O–H groups in total. The highest BCUT2D eigenvalue weighted by molar-refractivity contribution is 7.89. The predicted molar refractivity (Wildman–Crippen MR) is 85.7 cm³/mol. The predicted octanol–water partition coefficient (Wildman–Crippen LogP) is 1.91. The largest absolute Gasteiger partial charge is 0.378 e. The van der Waals surface area contributed by atoms with Crippen molar-refractivity contribution in [3.8, 4) is 0 Å². The van der Waals surface area contributed by atoms with E-state index in [1.54, 1.807) is 24.3 Å². The zero-order chi connectivity index (χ0) is 15.5. The second-order valence-corrected chi connectivity index (χ2v) is 7.91. The molecule has 0 aromatic heterocycles. The Hall–Kier alpha value is -1.11. The molecule has 21 heavy (non-hydrogen) atoms. The fourth-order valence-corrected chi connectivity index (χ4v) is 3.57. The van der Waals surface area contributed by atoms with Gasteiger partial charge in [0.1, 0.15) is 0 Å². The lowest BCUT2D eigenvalue weighted by Crippen LogP contribution is -2.48. The summed E-state index contributed by atoms with van der Waals surface area (Å²) < 4.78 is 25.7. The van der Waals surface area contributed by atoms with Crippen LogP contribution >= 0.6 is 0 Å². The molecule has 6 heteroatoms. The number of sulfonamides is 1. The number of rotatable bonds is 5. The first-order valence-electron chi connectivity index (χ1n) is 7.43. The molecule has 0 heterocycles. The van der Waals surface area contributed by atoms with Gasteiger partial charge in [-0.25, -0.2) is 13.1 Å². The first kappa shape index (κ1) is 16.3. The van der Waals surface area contributed by atoms with Crippen molar-refractivity contribution in [2.45, 2.75) is 43.0 Å². The van der Waals surface area contributed by atoms with Gasteiger partial charge in [-0.3, -0.25) is 0 Å². The van der Waals surface area contributed by atoms with E-state index in [1.165, 1.54) is 19.9 Å². The molecule has 0 bridgehead atoms. The topological polar surface area (TPSA) is 84.2 Å². The summed E-state index contributed by atoms with van der Waals surface area (Å²) in [6.45, 7) is 2.87. The van der Waals surface area contributed by atoms with Gasteiger partial charge in [0.15, 0.2) is 0 Å². The van der Waals surface area contributed by atoms with E-state index in [-0.39, 0.29) is 10.4 Å². The molecule has 1 aromatic rings. The van der Waals surface area contributed by atoms with Gasteiger partial charge in [0.2, 0.25) is 10.0 Å². The lowest BCUT2D eigenvalue weighted by Gasteiger charge is -2.40. The van der Waals surface area contributed by atoms with Crippen molar-refractivity contribution in [3.05, 3.63) is 24.3 Å². The second kappa shape index (κ2) is 6.34. The zero-order valence-corrected chi connectivity index (χ0v) is 13.5. The average Bonchev–Trinajstić information content (AvgIpc) is 2.50.